The molecule has 0 saturated carbocycles. The van der Waals surface area contributed by atoms with Crippen molar-refractivity contribution in [1.29, 1.82) is 0 Å². The molecule has 0 radical (unpaired) electrons. The standard InChI is InChI=1S/C19H24N2O3/c1-14-4-2-3-5-16(14)12-17(22)13-21-10-11-24-18-8-6-15(7-9-18)19(20)23/h2-9,17,21-22H,10-13H2,1H3,(H2,20,23). The van der Waals surface area contributed by atoms with Crippen LogP contribution in [0.4, 0.5) is 0 Å². The van der Waals surface area contributed by atoms with Gasteiger partial charge in [-0.3, -0.25) is 4.79 Å². The van der Waals surface area contributed by atoms with Crippen molar-refractivity contribution in [3.8, 4) is 5.75 Å². The Hall–Kier alpha value is -2.37. The Bertz CT molecular complexity index is 656. The maximum Gasteiger partial charge on any atom is 0.248 e. The van der Waals surface area contributed by atoms with Gasteiger partial charge in [-0.2, -0.15) is 0 Å². The van der Waals surface area contributed by atoms with Crippen molar-refractivity contribution in [2.24, 2.45) is 5.73 Å². The quantitative estimate of drug-likeness (QED) is 0.611. The molecule has 0 aliphatic heterocycles. The van der Waals surface area contributed by atoms with E-state index in [1.165, 1.54) is 5.56 Å². The lowest BCUT2D eigenvalue weighted by molar-refractivity contribution is 0.1000. The minimum absolute atomic E-state index is 0.430. The highest BCUT2D eigenvalue weighted by molar-refractivity contribution is 5.92. The molecule has 0 aliphatic rings. The number of aliphatic hydroxyl groups excluding tert-OH is 1. The molecule has 128 valence electrons. The summed E-state index contributed by atoms with van der Waals surface area (Å²) in [6, 6.07) is 14.8. The maximum absolute atomic E-state index is 11.0. The van der Waals surface area contributed by atoms with Crippen LogP contribution in [0.15, 0.2) is 48.5 Å². The smallest absolute Gasteiger partial charge is 0.248 e. The number of amides is 1. The number of hydrogen-bond donors (Lipinski definition) is 3. The fraction of sp³-hybridized carbons (Fsp3) is 0.316. The first-order valence-corrected chi connectivity index (χ1v) is 8.02. The molecule has 5 nitrogen and oxygen atoms in total. The summed E-state index contributed by atoms with van der Waals surface area (Å²) in [4.78, 5) is 11.0. The first-order chi connectivity index (χ1) is 11.6. The van der Waals surface area contributed by atoms with Crippen LogP contribution in [0.3, 0.4) is 0 Å². The molecule has 0 fully saturated rings. The fourth-order valence-corrected chi connectivity index (χ4v) is 2.39. The van der Waals surface area contributed by atoms with Crippen LogP contribution in [0.25, 0.3) is 0 Å². The van der Waals surface area contributed by atoms with Gasteiger partial charge in [0.1, 0.15) is 12.4 Å². The molecule has 4 N–H and O–H groups in total. The topological polar surface area (TPSA) is 84.6 Å². The molecule has 1 amide bonds. The van der Waals surface area contributed by atoms with E-state index in [9.17, 15) is 9.90 Å². The number of benzene rings is 2. The molecule has 0 saturated heterocycles. The van der Waals surface area contributed by atoms with Gasteiger partial charge in [0.05, 0.1) is 6.10 Å². The normalized spacial score (nSPS) is 11.9. The van der Waals surface area contributed by atoms with Crippen LogP contribution in [0, 0.1) is 6.92 Å². The average Bonchev–Trinajstić information content (AvgIpc) is 2.57. The monoisotopic (exact) mass is 328 g/mol. The molecule has 2 aromatic rings. The largest absolute Gasteiger partial charge is 0.492 e. The number of primary amides is 1. The van der Waals surface area contributed by atoms with E-state index < -0.39 is 12.0 Å². The number of aliphatic hydroxyl groups is 1. The van der Waals surface area contributed by atoms with E-state index in [0.29, 0.717) is 37.4 Å². The molecule has 2 rings (SSSR count). The number of carbonyl (C=O) groups excluding carboxylic acids is 1. The van der Waals surface area contributed by atoms with Gasteiger partial charge in [0.25, 0.3) is 0 Å². The SMILES string of the molecule is Cc1ccccc1CC(O)CNCCOc1ccc(C(N)=O)cc1. The van der Waals surface area contributed by atoms with Crippen molar-refractivity contribution in [1.82, 2.24) is 5.32 Å². The Balaban J connectivity index is 1.64. The third-order valence-electron chi connectivity index (χ3n) is 3.78. The molecule has 0 spiro atoms. The number of aryl methyl sites for hydroxylation is 1. The van der Waals surface area contributed by atoms with Gasteiger partial charge in [0, 0.05) is 18.7 Å². The molecule has 5 heteroatoms. The highest BCUT2D eigenvalue weighted by Crippen LogP contribution is 2.11. The summed E-state index contributed by atoms with van der Waals surface area (Å²) < 4.78 is 5.56. The molecule has 24 heavy (non-hydrogen) atoms. The number of nitrogens with two attached hydrogens (primary N) is 1. The first-order valence-electron chi connectivity index (χ1n) is 8.02. The van der Waals surface area contributed by atoms with E-state index in [-0.39, 0.29) is 0 Å². The zero-order valence-corrected chi connectivity index (χ0v) is 13.9. The Morgan fingerprint density at radius 1 is 1.21 bits per heavy atom. The molecule has 1 unspecified atom stereocenters. The van der Waals surface area contributed by atoms with Gasteiger partial charge in [-0.25, -0.2) is 0 Å². The molecular weight excluding hydrogens is 304 g/mol. The summed E-state index contributed by atoms with van der Waals surface area (Å²) in [6.07, 6.45) is 0.204. The molecule has 2 aromatic carbocycles. The molecule has 1 atom stereocenters. The predicted molar refractivity (Wildman–Crippen MR) is 94.2 cm³/mol. The lowest BCUT2D eigenvalue weighted by Gasteiger charge is -2.14. The van der Waals surface area contributed by atoms with Gasteiger partial charge in [-0.05, 0) is 48.7 Å². The molecule has 0 bridgehead atoms. The third-order valence-corrected chi connectivity index (χ3v) is 3.78. The van der Waals surface area contributed by atoms with Crippen LogP contribution in [-0.4, -0.2) is 36.8 Å². The van der Waals surface area contributed by atoms with Gasteiger partial charge >= 0.3 is 0 Å². The van der Waals surface area contributed by atoms with Crippen LogP contribution in [0.5, 0.6) is 5.75 Å². The summed E-state index contributed by atoms with van der Waals surface area (Å²) in [6.45, 7) is 3.67. The minimum Gasteiger partial charge on any atom is -0.492 e. The third kappa shape index (κ3) is 5.68. The zero-order valence-electron chi connectivity index (χ0n) is 13.9. The molecule has 0 aromatic heterocycles. The van der Waals surface area contributed by atoms with Gasteiger partial charge in [-0.15, -0.1) is 0 Å². The fourth-order valence-electron chi connectivity index (χ4n) is 2.39. The van der Waals surface area contributed by atoms with Crippen molar-refractivity contribution >= 4 is 5.91 Å². The van der Waals surface area contributed by atoms with Gasteiger partial charge in [0.15, 0.2) is 0 Å². The lowest BCUT2D eigenvalue weighted by atomic mass is 10.0. The summed E-state index contributed by atoms with van der Waals surface area (Å²) in [7, 11) is 0. The van der Waals surface area contributed by atoms with Crippen LogP contribution < -0.4 is 15.8 Å². The van der Waals surface area contributed by atoms with Crippen LogP contribution in [-0.2, 0) is 6.42 Å². The second-order valence-electron chi connectivity index (χ2n) is 5.73. The van der Waals surface area contributed by atoms with Crippen molar-refractivity contribution in [3.05, 3.63) is 65.2 Å². The highest BCUT2D eigenvalue weighted by atomic mass is 16.5. The second-order valence-corrected chi connectivity index (χ2v) is 5.73. The number of rotatable bonds is 9. The van der Waals surface area contributed by atoms with E-state index in [4.69, 9.17) is 10.5 Å². The predicted octanol–water partition coefficient (Wildman–Crippen LogP) is 1.67. The second kappa shape index (κ2) is 9.05. The first kappa shape index (κ1) is 18.0. The number of nitrogens with one attached hydrogen (secondary N) is 1. The van der Waals surface area contributed by atoms with Crippen LogP contribution in [0.2, 0.25) is 0 Å². The van der Waals surface area contributed by atoms with E-state index in [2.05, 4.69) is 5.32 Å². The van der Waals surface area contributed by atoms with Crippen LogP contribution >= 0.6 is 0 Å². The van der Waals surface area contributed by atoms with Crippen molar-refractivity contribution in [2.45, 2.75) is 19.4 Å². The van der Waals surface area contributed by atoms with Gasteiger partial charge < -0.3 is 20.9 Å². The molecule has 0 aliphatic carbocycles. The van der Waals surface area contributed by atoms with Gasteiger partial charge in [0.2, 0.25) is 5.91 Å². The summed E-state index contributed by atoms with van der Waals surface area (Å²) in [5.74, 6) is 0.230. The number of carbonyl (C=O) groups is 1. The van der Waals surface area contributed by atoms with Crippen LogP contribution in [0.1, 0.15) is 21.5 Å². The van der Waals surface area contributed by atoms with E-state index in [1.54, 1.807) is 24.3 Å². The lowest BCUT2D eigenvalue weighted by Crippen LogP contribution is -2.31. The van der Waals surface area contributed by atoms with E-state index in [1.807, 2.05) is 31.2 Å². The average molecular weight is 328 g/mol. The van der Waals surface area contributed by atoms with Crippen molar-refractivity contribution in [3.63, 3.8) is 0 Å². The Morgan fingerprint density at radius 2 is 1.92 bits per heavy atom. The Labute approximate surface area is 142 Å². The Kier molecular flexibility index (Phi) is 6.78. The zero-order chi connectivity index (χ0) is 17.4. The highest BCUT2D eigenvalue weighted by Gasteiger charge is 2.07. The number of ether oxygens (including phenoxy) is 1. The van der Waals surface area contributed by atoms with Crippen molar-refractivity contribution in [2.75, 3.05) is 19.7 Å². The van der Waals surface area contributed by atoms with Gasteiger partial charge in [-0.1, -0.05) is 24.3 Å². The summed E-state index contributed by atoms with van der Waals surface area (Å²) in [5.41, 5.74) is 8.00. The molecular formula is C19H24N2O3. The van der Waals surface area contributed by atoms with E-state index in [0.717, 1.165) is 5.56 Å². The number of hydrogen-bond acceptors (Lipinski definition) is 4. The molecule has 0 heterocycles. The van der Waals surface area contributed by atoms with E-state index >= 15 is 0 Å². The summed E-state index contributed by atoms with van der Waals surface area (Å²) in [5, 5.41) is 13.3. The van der Waals surface area contributed by atoms with Crippen molar-refractivity contribution < 1.29 is 14.6 Å². The Morgan fingerprint density at radius 3 is 2.58 bits per heavy atom. The minimum atomic E-state index is -0.453. The summed E-state index contributed by atoms with van der Waals surface area (Å²) >= 11 is 0. The maximum atomic E-state index is 11.0.